The number of nitrogens with one attached hydrogen (secondary N) is 2. The average Bonchev–Trinajstić information content (AvgIpc) is 2.91. The van der Waals surface area contributed by atoms with E-state index in [1.165, 1.54) is 10.9 Å². The third-order valence-corrected chi connectivity index (χ3v) is 4.46. The molecule has 0 radical (unpaired) electrons. The van der Waals surface area contributed by atoms with E-state index < -0.39 is 0 Å². The number of aromatic amines is 1. The minimum atomic E-state index is 0.202. The number of aromatic nitrogens is 1. The van der Waals surface area contributed by atoms with Gasteiger partial charge in [0, 0.05) is 29.7 Å². The van der Waals surface area contributed by atoms with Gasteiger partial charge in [0.25, 0.3) is 0 Å². The van der Waals surface area contributed by atoms with Crippen LogP contribution in [0.5, 0.6) is 0 Å². The van der Waals surface area contributed by atoms with Gasteiger partial charge in [-0.25, -0.2) is 0 Å². The van der Waals surface area contributed by atoms with Gasteiger partial charge >= 0.3 is 0 Å². The van der Waals surface area contributed by atoms with E-state index in [2.05, 4.69) is 41.6 Å². The normalized spacial score (nSPS) is 12.7. The van der Waals surface area contributed by atoms with E-state index in [0.29, 0.717) is 10.0 Å². The molecule has 21 heavy (non-hydrogen) atoms. The molecule has 0 saturated carbocycles. The first-order valence-electron chi connectivity index (χ1n) is 6.88. The summed E-state index contributed by atoms with van der Waals surface area (Å²) in [7, 11) is 0. The van der Waals surface area contributed by atoms with E-state index in [1.54, 1.807) is 0 Å². The molecule has 0 aliphatic heterocycles. The van der Waals surface area contributed by atoms with E-state index in [4.69, 9.17) is 23.2 Å². The Labute approximate surface area is 134 Å². The molecule has 108 valence electrons. The van der Waals surface area contributed by atoms with Crippen molar-refractivity contribution in [3.63, 3.8) is 0 Å². The highest BCUT2D eigenvalue weighted by atomic mass is 35.5. The zero-order valence-electron chi connectivity index (χ0n) is 11.7. The van der Waals surface area contributed by atoms with Gasteiger partial charge in [-0.3, -0.25) is 0 Å². The number of para-hydroxylation sites is 1. The predicted octanol–water partition coefficient (Wildman–Crippen LogP) is 5.33. The van der Waals surface area contributed by atoms with Gasteiger partial charge in [-0.05, 0) is 36.2 Å². The fraction of sp³-hybridized carbons (Fsp3) is 0.176. The van der Waals surface area contributed by atoms with Crippen LogP contribution in [0.1, 0.15) is 24.1 Å². The molecule has 4 heteroatoms. The van der Waals surface area contributed by atoms with Crippen molar-refractivity contribution in [3.05, 3.63) is 69.8 Å². The fourth-order valence-corrected chi connectivity index (χ4v) is 2.75. The molecule has 2 nitrogen and oxygen atoms in total. The number of rotatable bonds is 4. The molecule has 1 unspecified atom stereocenters. The topological polar surface area (TPSA) is 27.8 Å². The number of benzene rings is 2. The quantitative estimate of drug-likeness (QED) is 0.669. The molecule has 0 bridgehead atoms. The summed E-state index contributed by atoms with van der Waals surface area (Å²) in [5, 5.41) is 5.95. The molecule has 1 atom stereocenters. The van der Waals surface area contributed by atoms with Gasteiger partial charge in [0.1, 0.15) is 0 Å². The molecule has 0 amide bonds. The first-order valence-corrected chi connectivity index (χ1v) is 7.64. The van der Waals surface area contributed by atoms with Crippen molar-refractivity contribution >= 4 is 34.1 Å². The highest BCUT2D eigenvalue weighted by molar-refractivity contribution is 6.42. The zero-order valence-corrected chi connectivity index (χ0v) is 13.2. The van der Waals surface area contributed by atoms with Crippen molar-refractivity contribution in [2.75, 3.05) is 0 Å². The highest BCUT2D eigenvalue weighted by Gasteiger charge is 2.09. The molecule has 0 saturated heterocycles. The van der Waals surface area contributed by atoms with Crippen molar-refractivity contribution in [2.45, 2.75) is 19.5 Å². The van der Waals surface area contributed by atoms with Crippen molar-refractivity contribution in [1.29, 1.82) is 0 Å². The van der Waals surface area contributed by atoms with Gasteiger partial charge < -0.3 is 10.3 Å². The molecular formula is C17H16Cl2N2. The smallest absolute Gasteiger partial charge is 0.0595 e. The first kappa shape index (κ1) is 14.5. The molecule has 1 aromatic heterocycles. The Bertz CT molecular complexity index is 764. The van der Waals surface area contributed by atoms with E-state index in [-0.39, 0.29) is 6.04 Å². The Morgan fingerprint density at radius 1 is 1.10 bits per heavy atom. The summed E-state index contributed by atoms with van der Waals surface area (Å²) in [5.74, 6) is 0. The van der Waals surface area contributed by atoms with E-state index in [0.717, 1.165) is 17.6 Å². The van der Waals surface area contributed by atoms with Gasteiger partial charge in [0.2, 0.25) is 0 Å². The molecule has 0 aliphatic carbocycles. The highest BCUT2D eigenvalue weighted by Crippen LogP contribution is 2.26. The van der Waals surface area contributed by atoms with Gasteiger partial charge in [-0.2, -0.15) is 0 Å². The van der Waals surface area contributed by atoms with Crippen LogP contribution >= 0.6 is 23.2 Å². The lowest BCUT2D eigenvalue weighted by molar-refractivity contribution is 0.576. The molecule has 3 aromatic rings. The second-order valence-corrected chi connectivity index (χ2v) is 5.95. The minimum Gasteiger partial charge on any atom is -0.361 e. The standard InChI is InChI=1S/C17H16Cl2N2/c1-11(12-6-7-15(18)16(19)8-12)20-9-13-10-21-17-5-3-2-4-14(13)17/h2-8,10-11,20-21H,9H2,1H3. The molecule has 3 rings (SSSR count). The molecule has 0 fully saturated rings. The van der Waals surface area contributed by atoms with Gasteiger partial charge in [-0.1, -0.05) is 47.5 Å². The first-order chi connectivity index (χ1) is 10.1. The van der Waals surface area contributed by atoms with Gasteiger partial charge in [0.05, 0.1) is 10.0 Å². The van der Waals surface area contributed by atoms with Crippen LogP contribution in [0.15, 0.2) is 48.7 Å². The summed E-state index contributed by atoms with van der Waals surface area (Å²) in [6.45, 7) is 2.92. The van der Waals surface area contributed by atoms with Crippen LogP contribution in [0.2, 0.25) is 10.0 Å². The summed E-state index contributed by atoms with van der Waals surface area (Å²) >= 11 is 12.0. The second kappa shape index (κ2) is 6.10. The lowest BCUT2D eigenvalue weighted by atomic mass is 10.1. The Hall–Kier alpha value is -1.48. The lowest BCUT2D eigenvalue weighted by Gasteiger charge is -2.14. The van der Waals surface area contributed by atoms with E-state index in [1.807, 2.05) is 24.3 Å². The van der Waals surface area contributed by atoms with Crippen molar-refractivity contribution in [2.24, 2.45) is 0 Å². The number of fused-ring (bicyclic) bond motifs is 1. The van der Waals surface area contributed by atoms with Crippen LogP contribution in [-0.2, 0) is 6.54 Å². The zero-order chi connectivity index (χ0) is 14.8. The van der Waals surface area contributed by atoms with Crippen LogP contribution < -0.4 is 5.32 Å². The van der Waals surface area contributed by atoms with Crippen molar-refractivity contribution < 1.29 is 0 Å². The Morgan fingerprint density at radius 3 is 2.71 bits per heavy atom. The SMILES string of the molecule is CC(NCc1c[nH]c2ccccc12)c1ccc(Cl)c(Cl)c1. The third kappa shape index (κ3) is 3.08. The van der Waals surface area contributed by atoms with Gasteiger partial charge in [-0.15, -0.1) is 0 Å². The summed E-state index contributed by atoms with van der Waals surface area (Å²) in [4.78, 5) is 3.29. The lowest BCUT2D eigenvalue weighted by Crippen LogP contribution is -2.17. The molecule has 2 aromatic carbocycles. The maximum atomic E-state index is 6.07. The Balaban J connectivity index is 1.73. The number of halogens is 2. The van der Waals surface area contributed by atoms with Crippen LogP contribution in [0.4, 0.5) is 0 Å². The van der Waals surface area contributed by atoms with Crippen LogP contribution in [0, 0.1) is 0 Å². The van der Waals surface area contributed by atoms with Crippen LogP contribution in [0.3, 0.4) is 0 Å². The van der Waals surface area contributed by atoms with E-state index >= 15 is 0 Å². The summed E-state index contributed by atoms with van der Waals surface area (Å²) in [6.07, 6.45) is 2.05. The fourth-order valence-electron chi connectivity index (χ4n) is 2.44. The summed E-state index contributed by atoms with van der Waals surface area (Å²) in [5.41, 5.74) is 3.55. The molecule has 1 heterocycles. The van der Waals surface area contributed by atoms with Crippen LogP contribution in [0.25, 0.3) is 10.9 Å². The minimum absolute atomic E-state index is 0.202. The maximum absolute atomic E-state index is 6.07. The van der Waals surface area contributed by atoms with E-state index in [9.17, 15) is 0 Å². The number of hydrogen-bond donors (Lipinski definition) is 2. The molecule has 0 spiro atoms. The monoisotopic (exact) mass is 318 g/mol. The Kier molecular flexibility index (Phi) is 4.20. The molecule has 2 N–H and O–H groups in total. The third-order valence-electron chi connectivity index (χ3n) is 3.72. The number of hydrogen-bond acceptors (Lipinski definition) is 1. The second-order valence-electron chi connectivity index (χ2n) is 5.14. The average molecular weight is 319 g/mol. The van der Waals surface area contributed by atoms with Crippen molar-refractivity contribution in [3.8, 4) is 0 Å². The number of H-pyrrole nitrogens is 1. The summed E-state index contributed by atoms with van der Waals surface area (Å²) < 4.78 is 0. The van der Waals surface area contributed by atoms with Crippen molar-refractivity contribution in [1.82, 2.24) is 10.3 Å². The predicted molar refractivity (Wildman–Crippen MR) is 90.0 cm³/mol. The Morgan fingerprint density at radius 2 is 1.90 bits per heavy atom. The maximum Gasteiger partial charge on any atom is 0.0595 e. The molecular weight excluding hydrogens is 303 g/mol. The van der Waals surface area contributed by atoms with Gasteiger partial charge in [0.15, 0.2) is 0 Å². The van der Waals surface area contributed by atoms with Crippen LogP contribution in [-0.4, -0.2) is 4.98 Å². The molecule has 0 aliphatic rings. The largest absolute Gasteiger partial charge is 0.361 e. The summed E-state index contributed by atoms with van der Waals surface area (Å²) in [6, 6.07) is 14.3.